The summed E-state index contributed by atoms with van der Waals surface area (Å²) < 4.78 is 1.79. The smallest absolute Gasteiger partial charge is 0.239 e. The van der Waals surface area contributed by atoms with Gasteiger partial charge >= 0.3 is 0 Å². The molecule has 0 bridgehead atoms. The van der Waals surface area contributed by atoms with Gasteiger partial charge in [0.2, 0.25) is 5.91 Å². The second kappa shape index (κ2) is 5.61. The molecule has 1 aliphatic heterocycles. The van der Waals surface area contributed by atoms with Gasteiger partial charge in [0.1, 0.15) is 0 Å². The third-order valence-corrected chi connectivity index (χ3v) is 3.65. The van der Waals surface area contributed by atoms with E-state index in [0.717, 1.165) is 31.9 Å². The molecule has 0 aliphatic carbocycles. The van der Waals surface area contributed by atoms with Gasteiger partial charge in [-0.15, -0.1) is 0 Å². The van der Waals surface area contributed by atoms with Gasteiger partial charge in [0, 0.05) is 39.4 Å². The number of rotatable bonds is 3. The number of aryl methyl sites for hydroxylation is 1. The Morgan fingerprint density at radius 2 is 1.95 bits per heavy atom. The van der Waals surface area contributed by atoms with E-state index in [1.165, 1.54) is 0 Å². The molecule has 6 nitrogen and oxygen atoms in total. The quantitative estimate of drug-likeness (QED) is 0.838. The van der Waals surface area contributed by atoms with Gasteiger partial charge in [0.05, 0.1) is 17.9 Å². The van der Waals surface area contributed by atoms with Crippen LogP contribution >= 0.6 is 0 Å². The van der Waals surface area contributed by atoms with Gasteiger partial charge in [0.25, 0.3) is 0 Å². The molecule has 6 heteroatoms. The lowest BCUT2D eigenvalue weighted by Gasteiger charge is -2.36. The number of nitrogens with two attached hydrogens (primary N) is 1. The summed E-state index contributed by atoms with van der Waals surface area (Å²) in [7, 11) is 1.91. The highest BCUT2D eigenvalue weighted by Gasteiger charge is 2.27. The summed E-state index contributed by atoms with van der Waals surface area (Å²) in [6, 6.07) is -0.384. The Morgan fingerprint density at radius 1 is 1.32 bits per heavy atom. The van der Waals surface area contributed by atoms with Crippen LogP contribution in [0.5, 0.6) is 0 Å². The fourth-order valence-electron chi connectivity index (χ4n) is 2.25. The Kier molecular flexibility index (Phi) is 4.09. The van der Waals surface area contributed by atoms with Crippen LogP contribution in [0.25, 0.3) is 0 Å². The molecule has 2 heterocycles. The van der Waals surface area contributed by atoms with Crippen LogP contribution < -0.4 is 10.6 Å². The fourth-order valence-corrected chi connectivity index (χ4v) is 2.25. The predicted octanol–water partition coefficient (Wildman–Crippen LogP) is 0.0520. The zero-order chi connectivity index (χ0) is 14.0. The number of nitrogens with zero attached hydrogens (tertiary/aromatic N) is 4. The lowest BCUT2D eigenvalue weighted by Crippen LogP contribution is -2.54. The Hall–Kier alpha value is -1.56. The van der Waals surface area contributed by atoms with Crippen LogP contribution in [-0.4, -0.2) is 52.8 Å². The van der Waals surface area contributed by atoms with Crippen molar-refractivity contribution in [2.45, 2.75) is 19.9 Å². The summed E-state index contributed by atoms with van der Waals surface area (Å²) in [5.74, 6) is 0.254. The molecule has 1 atom stereocenters. The number of amides is 1. The van der Waals surface area contributed by atoms with Crippen LogP contribution in [0, 0.1) is 5.92 Å². The number of carbonyl (C=O) groups is 1. The molecule has 2 rings (SSSR count). The second-order valence-electron chi connectivity index (χ2n) is 5.45. The van der Waals surface area contributed by atoms with Crippen LogP contribution in [-0.2, 0) is 11.8 Å². The number of anilines is 1. The minimum absolute atomic E-state index is 0.0702. The highest BCUT2D eigenvalue weighted by atomic mass is 16.2. The third kappa shape index (κ3) is 3.07. The topological polar surface area (TPSA) is 67.4 Å². The molecule has 106 valence electrons. The normalized spacial score (nSPS) is 17.9. The number of piperazine rings is 1. The molecule has 0 unspecified atom stereocenters. The maximum absolute atomic E-state index is 12.2. The monoisotopic (exact) mass is 265 g/mol. The largest absolute Gasteiger partial charge is 0.365 e. The summed E-state index contributed by atoms with van der Waals surface area (Å²) in [4.78, 5) is 16.3. The second-order valence-corrected chi connectivity index (χ2v) is 5.45. The van der Waals surface area contributed by atoms with Gasteiger partial charge in [-0.2, -0.15) is 5.10 Å². The summed E-state index contributed by atoms with van der Waals surface area (Å²) in [6.45, 7) is 7.09. The SMILES string of the molecule is CC(C)[C@H](N)C(=O)N1CCN(c2cnn(C)c2)CC1. The first-order valence-electron chi connectivity index (χ1n) is 6.77. The van der Waals surface area contributed by atoms with Crippen molar-refractivity contribution >= 4 is 11.6 Å². The van der Waals surface area contributed by atoms with Gasteiger partial charge in [0.15, 0.2) is 0 Å². The summed E-state index contributed by atoms with van der Waals surface area (Å²) in [6.07, 6.45) is 3.86. The molecule has 1 aromatic heterocycles. The Morgan fingerprint density at radius 3 is 2.42 bits per heavy atom. The van der Waals surface area contributed by atoms with Gasteiger partial charge < -0.3 is 15.5 Å². The molecule has 0 saturated carbocycles. The Balaban J connectivity index is 1.90. The predicted molar refractivity (Wildman–Crippen MR) is 74.8 cm³/mol. The standard InChI is InChI=1S/C13H23N5O/c1-10(2)12(14)13(19)18-6-4-17(5-7-18)11-8-15-16(3)9-11/h8-10,12H,4-7,14H2,1-3H3/t12-/m0/s1. The Labute approximate surface area is 114 Å². The lowest BCUT2D eigenvalue weighted by atomic mass is 10.0. The van der Waals surface area contributed by atoms with Crippen molar-refractivity contribution in [1.82, 2.24) is 14.7 Å². The zero-order valence-electron chi connectivity index (χ0n) is 11.9. The van der Waals surface area contributed by atoms with E-state index in [2.05, 4.69) is 10.00 Å². The molecular formula is C13H23N5O. The molecule has 2 N–H and O–H groups in total. The van der Waals surface area contributed by atoms with Crippen LogP contribution in [0.15, 0.2) is 12.4 Å². The summed E-state index contributed by atoms with van der Waals surface area (Å²) in [5.41, 5.74) is 7.04. The minimum Gasteiger partial charge on any atom is -0.365 e. The van der Waals surface area contributed by atoms with Crippen molar-refractivity contribution in [2.24, 2.45) is 18.7 Å². The van der Waals surface area contributed by atoms with E-state index < -0.39 is 0 Å². The van der Waals surface area contributed by atoms with E-state index in [1.807, 2.05) is 38.2 Å². The molecule has 0 spiro atoms. The Bertz CT molecular complexity index is 434. The molecule has 1 aliphatic rings. The highest BCUT2D eigenvalue weighted by Crippen LogP contribution is 2.15. The average molecular weight is 265 g/mol. The first-order chi connectivity index (χ1) is 8.99. The number of aromatic nitrogens is 2. The minimum atomic E-state index is -0.384. The maximum atomic E-state index is 12.2. The van der Waals surface area contributed by atoms with Crippen molar-refractivity contribution in [3.05, 3.63) is 12.4 Å². The highest BCUT2D eigenvalue weighted by molar-refractivity contribution is 5.82. The van der Waals surface area contributed by atoms with E-state index in [9.17, 15) is 4.79 Å². The fraction of sp³-hybridized carbons (Fsp3) is 0.692. The maximum Gasteiger partial charge on any atom is 0.239 e. The van der Waals surface area contributed by atoms with Crippen molar-refractivity contribution in [1.29, 1.82) is 0 Å². The molecule has 0 radical (unpaired) electrons. The van der Waals surface area contributed by atoms with E-state index in [1.54, 1.807) is 4.68 Å². The summed E-state index contributed by atoms with van der Waals surface area (Å²) in [5, 5.41) is 4.17. The van der Waals surface area contributed by atoms with E-state index in [4.69, 9.17) is 5.73 Å². The first-order valence-corrected chi connectivity index (χ1v) is 6.77. The van der Waals surface area contributed by atoms with Crippen LogP contribution in [0.1, 0.15) is 13.8 Å². The van der Waals surface area contributed by atoms with Crippen molar-refractivity contribution < 1.29 is 4.79 Å². The molecule has 19 heavy (non-hydrogen) atoms. The van der Waals surface area contributed by atoms with Gasteiger partial charge in [-0.25, -0.2) is 0 Å². The number of hydrogen-bond donors (Lipinski definition) is 1. The average Bonchev–Trinajstić information content (AvgIpc) is 2.84. The van der Waals surface area contributed by atoms with Crippen molar-refractivity contribution in [3.63, 3.8) is 0 Å². The number of carbonyl (C=O) groups excluding carboxylic acids is 1. The number of hydrogen-bond acceptors (Lipinski definition) is 4. The first kappa shape index (κ1) is 13.9. The van der Waals surface area contributed by atoms with Gasteiger partial charge in [-0.1, -0.05) is 13.8 Å². The van der Waals surface area contributed by atoms with E-state index >= 15 is 0 Å². The van der Waals surface area contributed by atoms with Crippen LogP contribution in [0.4, 0.5) is 5.69 Å². The summed E-state index contributed by atoms with van der Waals surface area (Å²) >= 11 is 0. The zero-order valence-corrected chi connectivity index (χ0v) is 11.9. The third-order valence-electron chi connectivity index (χ3n) is 3.65. The van der Waals surface area contributed by atoms with E-state index in [-0.39, 0.29) is 17.9 Å². The van der Waals surface area contributed by atoms with E-state index in [0.29, 0.717) is 0 Å². The molecule has 1 amide bonds. The van der Waals surface area contributed by atoms with Gasteiger partial charge in [-0.05, 0) is 5.92 Å². The van der Waals surface area contributed by atoms with Crippen molar-refractivity contribution in [2.75, 3.05) is 31.1 Å². The molecular weight excluding hydrogens is 242 g/mol. The van der Waals surface area contributed by atoms with Crippen LogP contribution in [0.2, 0.25) is 0 Å². The van der Waals surface area contributed by atoms with Gasteiger partial charge in [-0.3, -0.25) is 9.48 Å². The van der Waals surface area contributed by atoms with Crippen LogP contribution in [0.3, 0.4) is 0 Å². The lowest BCUT2D eigenvalue weighted by molar-refractivity contribution is -0.133. The molecule has 1 fully saturated rings. The molecule has 0 aromatic carbocycles. The van der Waals surface area contributed by atoms with Crippen molar-refractivity contribution in [3.8, 4) is 0 Å². The molecule has 1 aromatic rings. The molecule has 1 saturated heterocycles.